The summed E-state index contributed by atoms with van der Waals surface area (Å²) in [5.41, 5.74) is 1.24. The molecule has 0 aromatic heterocycles. The Labute approximate surface area is 225 Å². The molecule has 0 saturated heterocycles. The standard InChI is InChI=1S/C33H52O4/c1-8-30(5)15-9-16-31(6)24(30)14-17-32(7)25-12-11-22(21(4)34)29-23(35)19-33(25,29)27(18-26(31)32)37-28(36)13-10-20(2)3/h11,20,23-27,29,35H,8-10,12-19H2,1-7H3. The summed E-state index contributed by atoms with van der Waals surface area (Å²) in [7, 11) is 0. The molecular weight excluding hydrogens is 460 g/mol. The third-order valence-corrected chi connectivity index (χ3v) is 13.0. The van der Waals surface area contributed by atoms with Gasteiger partial charge in [-0.15, -0.1) is 0 Å². The lowest BCUT2D eigenvalue weighted by molar-refractivity contribution is -0.288. The molecule has 4 nitrogen and oxygen atoms in total. The number of hydrogen-bond donors (Lipinski definition) is 1. The van der Waals surface area contributed by atoms with Crippen molar-refractivity contribution in [1.29, 1.82) is 0 Å². The van der Waals surface area contributed by atoms with E-state index >= 15 is 0 Å². The van der Waals surface area contributed by atoms with E-state index in [4.69, 9.17) is 4.74 Å². The molecule has 0 aliphatic heterocycles. The summed E-state index contributed by atoms with van der Waals surface area (Å²) < 4.78 is 6.52. The average Bonchev–Trinajstić information content (AvgIpc) is 2.82. The summed E-state index contributed by atoms with van der Waals surface area (Å²) in [6.07, 6.45) is 12.7. The van der Waals surface area contributed by atoms with Crippen molar-refractivity contribution in [2.24, 2.45) is 51.2 Å². The van der Waals surface area contributed by atoms with E-state index in [1.807, 2.05) is 0 Å². The van der Waals surface area contributed by atoms with Crippen molar-refractivity contribution >= 4 is 11.8 Å². The van der Waals surface area contributed by atoms with Gasteiger partial charge in [-0.3, -0.25) is 9.59 Å². The Hall–Kier alpha value is -1.16. The molecule has 0 aromatic carbocycles. The fraction of sp³-hybridized carbons (Fsp3) is 0.879. The van der Waals surface area contributed by atoms with Crippen molar-refractivity contribution in [3.63, 3.8) is 0 Å². The number of aliphatic hydroxyl groups is 1. The van der Waals surface area contributed by atoms with Crippen LogP contribution in [0.4, 0.5) is 0 Å². The van der Waals surface area contributed by atoms with Crippen LogP contribution in [-0.2, 0) is 14.3 Å². The molecule has 5 rings (SSSR count). The van der Waals surface area contributed by atoms with Crippen molar-refractivity contribution in [3.05, 3.63) is 11.6 Å². The normalized spacial score (nSPS) is 48.5. The van der Waals surface area contributed by atoms with Crippen molar-refractivity contribution < 1.29 is 19.4 Å². The molecule has 0 radical (unpaired) electrons. The molecule has 10 atom stereocenters. The van der Waals surface area contributed by atoms with Gasteiger partial charge < -0.3 is 9.84 Å². The summed E-state index contributed by atoms with van der Waals surface area (Å²) in [6, 6.07) is 0. The smallest absolute Gasteiger partial charge is 0.306 e. The van der Waals surface area contributed by atoms with Gasteiger partial charge in [-0.1, -0.05) is 60.5 Å². The van der Waals surface area contributed by atoms with Crippen molar-refractivity contribution in [1.82, 2.24) is 0 Å². The van der Waals surface area contributed by atoms with Crippen LogP contribution in [0.3, 0.4) is 0 Å². The highest BCUT2D eigenvalue weighted by Crippen LogP contribution is 2.77. The minimum Gasteiger partial charge on any atom is -0.462 e. The van der Waals surface area contributed by atoms with Crippen LogP contribution in [-0.4, -0.2) is 29.1 Å². The number of ketones is 1. The molecular formula is C33H52O4. The molecule has 0 bridgehead atoms. The predicted molar refractivity (Wildman–Crippen MR) is 147 cm³/mol. The monoisotopic (exact) mass is 512 g/mol. The van der Waals surface area contributed by atoms with Crippen molar-refractivity contribution in [3.8, 4) is 0 Å². The molecule has 5 aliphatic carbocycles. The zero-order valence-corrected chi connectivity index (χ0v) is 24.6. The molecule has 1 N–H and O–H groups in total. The van der Waals surface area contributed by atoms with Gasteiger partial charge in [0.15, 0.2) is 5.78 Å². The Bertz CT molecular complexity index is 967. The van der Waals surface area contributed by atoms with Crippen LogP contribution >= 0.6 is 0 Å². The second-order valence-corrected chi connectivity index (χ2v) is 15.0. The molecule has 10 unspecified atom stereocenters. The van der Waals surface area contributed by atoms with Crippen LogP contribution in [0.25, 0.3) is 0 Å². The first-order valence-corrected chi connectivity index (χ1v) is 15.4. The van der Waals surface area contributed by atoms with E-state index in [2.05, 4.69) is 47.6 Å². The fourth-order valence-electron chi connectivity index (χ4n) is 11.1. The SMILES string of the molecule is CCC1(C)CCCC2(C)C1CCC1(C)C2CC(OC(=O)CCC(C)C)C23CC(O)C2C(C(C)=O)=CCC13. The number of esters is 1. The molecule has 1 spiro atoms. The van der Waals surface area contributed by atoms with Crippen molar-refractivity contribution in [2.75, 3.05) is 0 Å². The number of aliphatic hydroxyl groups excluding tert-OH is 1. The van der Waals surface area contributed by atoms with E-state index in [9.17, 15) is 14.7 Å². The lowest BCUT2D eigenvalue weighted by atomic mass is 9.31. The summed E-state index contributed by atoms with van der Waals surface area (Å²) >= 11 is 0. The Morgan fingerprint density at radius 2 is 1.78 bits per heavy atom. The second kappa shape index (κ2) is 9.20. The number of hydrogen-bond acceptors (Lipinski definition) is 4. The average molecular weight is 513 g/mol. The summed E-state index contributed by atoms with van der Waals surface area (Å²) in [4.78, 5) is 26.0. The summed E-state index contributed by atoms with van der Waals surface area (Å²) in [5.74, 6) is 1.79. The Balaban J connectivity index is 1.57. The maximum atomic E-state index is 13.2. The molecule has 5 aliphatic rings. The lowest BCUT2D eigenvalue weighted by Crippen LogP contribution is -2.73. The number of ether oxygens (including phenoxy) is 1. The zero-order chi connectivity index (χ0) is 27.0. The highest BCUT2D eigenvalue weighted by Gasteiger charge is 2.74. The number of fused-ring (bicyclic) bond motifs is 4. The number of rotatable bonds is 6. The Kier molecular flexibility index (Phi) is 6.82. The largest absolute Gasteiger partial charge is 0.462 e. The van der Waals surface area contributed by atoms with Gasteiger partial charge in [0.2, 0.25) is 0 Å². The lowest BCUT2D eigenvalue weighted by Gasteiger charge is -2.74. The predicted octanol–water partition coefficient (Wildman–Crippen LogP) is 7.28. The van der Waals surface area contributed by atoms with Gasteiger partial charge in [-0.25, -0.2) is 0 Å². The van der Waals surface area contributed by atoms with Crippen LogP contribution < -0.4 is 0 Å². The van der Waals surface area contributed by atoms with Crippen molar-refractivity contribution in [2.45, 2.75) is 131 Å². The van der Waals surface area contributed by atoms with Crippen LogP contribution in [0, 0.1) is 51.2 Å². The van der Waals surface area contributed by atoms with Gasteiger partial charge in [0, 0.05) is 17.8 Å². The van der Waals surface area contributed by atoms with Gasteiger partial charge in [-0.2, -0.15) is 0 Å². The fourth-order valence-corrected chi connectivity index (χ4v) is 11.1. The maximum Gasteiger partial charge on any atom is 0.306 e. The minimum atomic E-state index is -0.514. The molecule has 4 saturated carbocycles. The van der Waals surface area contributed by atoms with E-state index in [0.29, 0.717) is 41.9 Å². The van der Waals surface area contributed by atoms with Gasteiger partial charge in [0.25, 0.3) is 0 Å². The summed E-state index contributed by atoms with van der Waals surface area (Å²) in [6.45, 7) is 16.0. The van der Waals surface area contributed by atoms with Crippen LogP contribution in [0.2, 0.25) is 0 Å². The summed E-state index contributed by atoms with van der Waals surface area (Å²) in [5, 5.41) is 11.1. The maximum absolute atomic E-state index is 13.2. The van der Waals surface area contributed by atoms with Crippen LogP contribution in [0.5, 0.6) is 0 Å². The second-order valence-electron chi connectivity index (χ2n) is 15.0. The van der Waals surface area contributed by atoms with Gasteiger partial charge in [-0.05, 0) is 104 Å². The number of Topliss-reactive ketones (excluding diaryl/α,β-unsaturated/α-hetero) is 1. The van der Waals surface area contributed by atoms with E-state index in [-0.39, 0.29) is 40.0 Å². The van der Waals surface area contributed by atoms with E-state index < -0.39 is 6.10 Å². The number of carbonyl (C=O) groups is 2. The minimum absolute atomic E-state index is 0.0698. The quantitative estimate of drug-likeness (QED) is 0.380. The zero-order valence-electron chi connectivity index (χ0n) is 24.6. The molecule has 4 fully saturated rings. The number of carbonyl (C=O) groups excluding carboxylic acids is 2. The van der Waals surface area contributed by atoms with Gasteiger partial charge in [0.1, 0.15) is 6.10 Å². The number of allylic oxidation sites excluding steroid dienone is 1. The van der Waals surface area contributed by atoms with Gasteiger partial charge >= 0.3 is 5.97 Å². The molecule has 0 amide bonds. The van der Waals surface area contributed by atoms with E-state index in [0.717, 1.165) is 24.8 Å². The first kappa shape index (κ1) is 27.4. The van der Waals surface area contributed by atoms with E-state index in [1.54, 1.807) is 6.92 Å². The Morgan fingerprint density at radius 3 is 2.41 bits per heavy atom. The first-order valence-electron chi connectivity index (χ1n) is 15.4. The topological polar surface area (TPSA) is 63.6 Å². The third kappa shape index (κ3) is 3.85. The van der Waals surface area contributed by atoms with Crippen LogP contribution in [0.15, 0.2) is 11.6 Å². The molecule has 208 valence electrons. The Morgan fingerprint density at radius 1 is 1.08 bits per heavy atom. The first-order chi connectivity index (χ1) is 17.3. The highest BCUT2D eigenvalue weighted by atomic mass is 16.5. The molecule has 37 heavy (non-hydrogen) atoms. The van der Waals surface area contributed by atoms with E-state index in [1.165, 1.54) is 38.5 Å². The van der Waals surface area contributed by atoms with Crippen LogP contribution in [0.1, 0.15) is 119 Å². The molecule has 0 heterocycles. The third-order valence-electron chi connectivity index (χ3n) is 13.0. The van der Waals surface area contributed by atoms with Gasteiger partial charge in [0.05, 0.1) is 6.10 Å². The molecule has 4 heteroatoms. The molecule has 0 aromatic rings. The highest BCUT2D eigenvalue weighted by molar-refractivity contribution is 5.94.